The molecule has 0 aromatic heterocycles. The van der Waals surface area contributed by atoms with Crippen LogP contribution in [0.1, 0.15) is 103 Å². The van der Waals surface area contributed by atoms with Crippen molar-refractivity contribution in [3.05, 3.63) is 131 Å². The molecule has 2 saturated heterocycles. The Kier molecular flexibility index (Phi) is 46.7. The van der Waals surface area contributed by atoms with Crippen LogP contribution in [-0.4, -0.2) is 313 Å². The number of rotatable bonds is 40. The number of nitrogens with one attached hydrogen (secondary N) is 2. The molecule has 4 atom stereocenters. The van der Waals surface area contributed by atoms with Gasteiger partial charge in [0, 0.05) is 118 Å². The molecule has 2 N–H and O–H groups in total. The summed E-state index contributed by atoms with van der Waals surface area (Å²) in [5, 5.41) is 7.00. The largest absolute Gasteiger partial charge is 0.491 e. The second-order valence-corrected chi connectivity index (χ2v) is 29.1. The van der Waals surface area contributed by atoms with Crippen LogP contribution in [0, 0.1) is 0 Å². The molecule has 2 aliphatic heterocycles. The van der Waals surface area contributed by atoms with Gasteiger partial charge in [-0.3, -0.25) is 38.8 Å². The van der Waals surface area contributed by atoms with Crippen LogP contribution in [0.3, 0.4) is 0 Å². The number of nitrogens with zero attached hydrogens (tertiary/aromatic N) is 6. The van der Waals surface area contributed by atoms with E-state index in [0.717, 1.165) is 41.0 Å². The van der Waals surface area contributed by atoms with Crippen molar-refractivity contribution in [2.75, 3.05) is 212 Å². The highest BCUT2D eigenvalue weighted by atomic mass is 16.6. The third-order valence-electron chi connectivity index (χ3n) is 18.7. The Labute approximate surface area is 666 Å². The Balaban J connectivity index is 0.000000428. The summed E-state index contributed by atoms with van der Waals surface area (Å²) in [4.78, 5) is 92.0. The SMILES string of the molecule is CCOCCOCCOc1ccc(CCC[C@@H](C(=O)OC)N2CCN(C(=O)OCc3ccccc3)CCN([C@H](COC(C)(C)C)C(=O)OC)CCN(C(=O)OCc3ccccc3)CC2)cc1.CCOCCOCCOc1ccc(CCC[C@@H](C(=O)OC)N2CCNCCN([C@H](COC(C)(C)C)C(=O)OC)CCNCC2)cc1. The summed E-state index contributed by atoms with van der Waals surface area (Å²) in [6, 6.07) is 32.5. The second-order valence-electron chi connectivity index (χ2n) is 29.1. The molecule has 6 rings (SSSR count). The Morgan fingerprint density at radius 2 is 0.670 bits per heavy atom. The number of amides is 2. The third kappa shape index (κ3) is 39.0. The fourth-order valence-corrected chi connectivity index (χ4v) is 12.5. The zero-order valence-corrected chi connectivity index (χ0v) is 69.0. The number of carbonyl (C=O) groups is 6. The van der Waals surface area contributed by atoms with Gasteiger partial charge in [0.2, 0.25) is 0 Å². The van der Waals surface area contributed by atoms with Crippen molar-refractivity contribution in [2.45, 2.75) is 142 Å². The molecule has 0 saturated carbocycles. The van der Waals surface area contributed by atoms with E-state index in [1.165, 1.54) is 34.0 Å². The number of aryl methyl sites for hydroxylation is 2. The summed E-state index contributed by atoms with van der Waals surface area (Å²) >= 11 is 0. The molecule has 28 nitrogen and oxygen atoms in total. The molecule has 2 fully saturated rings. The number of methoxy groups -OCH3 is 4. The van der Waals surface area contributed by atoms with E-state index in [9.17, 15) is 28.8 Å². The average molecular weight is 1570 g/mol. The molecule has 0 aliphatic carbocycles. The number of ether oxygens (including phenoxy) is 14. The van der Waals surface area contributed by atoms with Crippen LogP contribution in [0.25, 0.3) is 0 Å². The summed E-state index contributed by atoms with van der Waals surface area (Å²) in [7, 11) is 5.57. The van der Waals surface area contributed by atoms with Gasteiger partial charge >= 0.3 is 36.1 Å². The van der Waals surface area contributed by atoms with E-state index in [0.29, 0.717) is 144 Å². The normalized spacial score (nSPS) is 16.2. The summed E-state index contributed by atoms with van der Waals surface area (Å²) in [5.41, 5.74) is 3.03. The van der Waals surface area contributed by atoms with E-state index in [1.807, 2.05) is 162 Å². The van der Waals surface area contributed by atoms with E-state index in [4.69, 9.17) is 66.3 Å². The lowest BCUT2D eigenvalue weighted by atomic mass is 10.0. The maximum atomic E-state index is 14.0. The Hall–Kier alpha value is -7.58. The predicted molar refractivity (Wildman–Crippen MR) is 427 cm³/mol. The number of esters is 4. The molecule has 2 amide bonds. The van der Waals surface area contributed by atoms with Crippen molar-refractivity contribution in [1.29, 1.82) is 0 Å². The molecule has 0 spiro atoms. The Morgan fingerprint density at radius 3 is 1.00 bits per heavy atom. The third-order valence-corrected chi connectivity index (χ3v) is 18.7. The molecule has 0 radical (unpaired) electrons. The van der Waals surface area contributed by atoms with Crippen molar-refractivity contribution in [1.82, 2.24) is 40.0 Å². The van der Waals surface area contributed by atoms with Gasteiger partial charge in [0.25, 0.3) is 0 Å². The molecule has 28 heteroatoms. The van der Waals surface area contributed by atoms with Crippen LogP contribution < -0.4 is 20.1 Å². The molecule has 2 heterocycles. The molecule has 628 valence electrons. The topological polar surface area (TPSA) is 275 Å². The van der Waals surface area contributed by atoms with Crippen molar-refractivity contribution >= 4 is 36.1 Å². The van der Waals surface area contributed by atoms with Crippen molar-refractivity contribution in [3.63, 3.8) is 0 Å². The highest BCUT2D eigenvalue weighted by Crippen LogP contribution is 2.22. The predicted octanol–water partition coefficient (Wildman–Crippen LogP) is 8.37. The zero-order valence-electron chi connectivity index (χ0n) is 69.0. The van der Waals surface area contributed by atoms with Gasteiger partial charge in [0.05, 0.1) is 92.5 Å². The van der Waals surface area contributed by atoms with Crippen LogP contribution >= 0.6 is 0 Å². The summed E-state index contributed by atoms with van der Waals surface area (Å²) in [6.07, 6.45) is 3.11. The van der Waals surface area contributed by atoms with Gasteiger partial charge in [-0.15, -0.1) is 0 Å². The minimum absolute atomic E-state index is 0.0186. The van der Waals surface area contributed by atoms with Crippen LogP contribution in [0.15, 0.2) is 109 Å². The van der Waals surface area contributed by atoms with Gasteiger partial charge in [-0.2, -0.15) is 0 Å². The molecule has 4 aromatic rings. The zero-order chi connectivity index (χ0) is 81.2. The van der Waals surface area contributed by atoms with E-state index in [1.54, 1.807) is 9.80 Å². The molecule has 4 aromatic carbocycles. The van der Waals surface area contributed by atoms with Gasteiger partial charge < -0.3 is 86.7 Å². The van der Waals surface area contributed by atoms with Gasteiger partial charge in [0.15, 0.2) is 0 Å². The molecular formula is C84H132N8O20. The first-order valence-electron chi connectivity index (χ1n) is 39.7. The van der Waals surface area contributed by atoms with Gasteiger partial charge in [-0.05, 0) is 140 Å². The highest BCUT2D eigenvalue weighted by molar-refractivity contribution is 5.77. The number of carbonyl (C=O) groups excluding carboxylic acids is 6. The molecule has 0 unspecified atom stereocenters. The molecule has 112 heavy (non-hydrogen) atoms. The van der Waals surface area contributed by atoms with Gasteiger partial charge in [-0.1, -0.05) is 84.9 Å². The quantitative estimate of drug-likeness (QED) is 0.0240. The standard InChI is InChI=1S/C50H72N4O12.C34H60N4O8/c1-7-61-33-34-62-35-36-63-43-23-21-40(22-24-43)19-14-20-44(46(55)59-5)51-25-29-53(48(57)64-37-41-15-10-8-11-16-41)31-27-52(45(47(56)60-6)39-66-50(2,3)4)28-32-54(30-26-51)49(58)65-38-42-17-12-9-13-18-42;1-7-43-23-24-44-25-26-45-29-13-11-28(12-14-29)9-8-10-30(32(39)41-5)37-19-15-35-17-21-38(22-18-36-16-20-37)31(33(40)42-6)27-46-34(2,3)4/h8-13,15-18,21-24,44-45H,7,14,19-20,25-39H2,1-6H3;11-14,30-31,35-36H,7-10,15-27H2,1-6H3/t44-,45+;30-,31+/m00/s1. The first kappa shape index (κ1) is 95.0. The van der Waals surface area contributed by atoms with Gasteiger partial charge in [-0.25, -0.2) is 9.59 Å². The van der Waals surface area contributed by atoms with E-state index in [-0.39, 0.29) is 102 Å². The molecular weight excluding hydrogens is 1440 g/mol. The summed E-state index contributed by atoms with van der Waals surface area (Å²) < 4.78 is 78.0. The number of benzene rings is 4. The first-order chi connectivity index (χ1) is 54.1. The van der Waals surface area contributed by atoms with E-state index in [2.05, 4.69) is 32.6 Å². The van der Waals surface area contributed by atoms with Crippen molar-refractivity contribution in [3.8, 4) is 11.5 Å². The monoisotopic (exact) mass is 1570 g/mol. The van der Waals surface area contributed by atoms with Crippen molar-refractivity contribution < 1.29 is 95.1 Å². The van der Waals surface area contributed by atoms with E-state index >= 15 is 0 Å². The smallest absolute Gasteiger partial charge is 0.410 e. The highest BCUT2D eigenvalue weighted by Gasteiger charge is 2.35. The molecule has 0 bridgehead atoms. The summed E-state index contributed by atoms with van der Waals surface area (Å²) in [5.74, 6) is 0.129. The molecule has 2 aliphatic rings. The van der Waals surface area contributed by atoms with E-state index < -0.39 is 47.9 Å². The lowest BCUT2D eigenvalue weighted by Gasteiger charge is -2.38. The van der Waals surface area contributed by atoms with Crippen LogP contribution in [0.2, 0.25) is 0 Å². The van der Waals surface area contributed by atoms with Crippen LogP contribution in [0.5, 0.6) is 11.5 Å². The Morgan fingerprint density at radius 1 is 0.366 bits per heavy atom. The first-order valence-corrected chi connectivity index (χ1v) is 39.7. The average Bonchev–Trinajstić information content (AvgIpc) is 0.856. The maximum absolute atomic E-state index is 14.0. The van der Waals surface area contributed by atoms with Crippen molar-refractivity contribution in [2.24, 2.45) is 0 Å². The minimum Gasteiger partial charge on any atom is -0.491 e. The van der Waals surface area contributed by atoms with Crippen LogP contribution in [0.4, 0.5) is 9.59 Å². The van der Waals surface area contributed by atoms with Crippen LogP contribution in [-0.2, 0) is 102 Å². The fraction of sp³-hybridized carbons (Fsp3) is 0.643. The maximum Gasteiger partial charge on any atom is 0.410 e. The fourth-order valence-electron chi connectivity index (χ4n) is 12.5. The van der Waals surface area contributed by atoms with Gasteiger partial charge in [0.1, 0.15) is 62.1 Å². The summed E-state index contributed by atoms with van der Waals surface area (Å²) in [6.45, 7) is 28.6. The number of hydrogen-bond donors (Lipinski definition) is 2. The lowest BCUT2D eigenvalue weighted by molar-refractivity contribution is -0.153. The second kappa shape index (κ2) is 55.0. The lowest BCUT2D eigenvalue weighted by Crippen LogP contribution is -2.55. The Bertz CT molecular complexity index is 3120. The number of hydrogen-bond acceptors (Lipinski definition) is 26. The minimum atomic E-state index is -0.846.